The van der Waals surface area contributed by atoms with Gasteiger partial charge in [-0.05, 0) is 32.2 Å². The second-order valence-electron chi connectivity index (χ2n) is 4.13. The maximum absolute atomic E-state index is 11.1. The Morgan fingerprint density at radius 1 is 1.53 bits per heavy atom. The van der Waals surface area contributed by atoms with E-state index in [0.29, 0.717) is 13.0 Å². The zero-order chi connectivity index (χ0) is 11.1. The van der Waals surface area contributed by atoms with E-state index in [1.807, 2.05) is 0 Å². The lowest BCUT2D eigenvalue weighted by Crippen LogP contribution is -2.48. The van der Waals surface area contributed by atoms with E-state index in [1.54, 1.807) is 0 Å². The van der Waals surface area contributed by atoms with Crippen LogP contribution in [0.1, 0.15) is 39.0 Å². The minimum Gasteiger partial charge on any atom is -0.480 e. The van der Waals surface area contributed by atoms with E-state index in [1.165, 1.54) is 0 Å². The van der Waals surface area contributed by atoms with Crippen molar-refractivity contribution in [3.8, 4) is 0 Å². The summed E-state index contributed by atoms with van der Waals surface area (Å²) in [5.74, 6) is -0.737. The molecule has 0 bridgehead atoms. The molecule has 1 fully saturated rings. The summed E-state index contributed by atoms with van der Waals surface area (Å²) in [6, 6.07) is 0. The van der Waals surface area contributed by atoms with Gasteiger partial charge in [0, 0.05) is 13.2 Å². The fourth-order valence-electron chi connectivity index (χ4n) is 1.90. The first kappa shape index (κ1) is 12.5. The number of carboxylic acid groups (broad SMARTS) is 1. The molecule has 88 valence electrons. The van der Waals surface area contributed by atoms with Gasteiger partial charge in [0.15, 0.2) is 0 Å². The number of carboxylic acids is 1. The lowest BCUT2D eigenvalue weighted by Gasteiger charge is -2.24. The van der Waals surface area contributed by atoms with Crippen LogP contribution in [0, 0.1) is 0 Å². The standard InChI is InChI=1S/C11H21NO3/c1-2-3-8-15-9-6-11(10(13)14)5-4-7-12-11/h12H,2-9H2,1H3,(H,13,14). The minimum atomic E-state index is -0.737. The Morgan fingerprint density at radius 3 is 2.87 bits per heavy atom. The lowest BCUT2D eigenvalue weighted by molar-refractivity contribution is -0.145. The average Bonchev–Trinajstić information content (AvgIpc) is 2.67. The molecule has 1 aliphatic heterocycles. The number of unbranched alkanes of at least 4 members (excludes halogenated alkanes) is 1. The Kier molecular flexibility index (Phi) is 5.05. The van der Waals surface area contributed by atoms with Crippen molar-refractivity contribution < 1.29 is 14.6 Å². The van der Waals surface area contributed by atoms with Gasteiger partial charge < -0.3 is 15.2 Å². The summed E-state index contributed by atoms with van der Waals surface area (Å²) in [5.41, 5.74) is -0.716. The average molecular weight is 215 g/mol. The van der Waals surface area contributed by atoms with Gasteiger partial charge in [0.25, 0.3) is 0 Å². The highest BCUT2D eigenvalue weighted by molar-refractivity contribution is 5.79. The minimum absolute atomic E-state index is 0.541. The summed E-state index contributed by atoms with van der Waals surface area (Å²) in [6.45, 7) is 4.20. The van der Waals surface area contributed by atoms with Crippen LogP contribution in [0.15, 0.2) is 0 Å². The topological polar surface area (TPSA) is 58.6 Å². The maximum Gasteiger partial charge on any atom is 0.323 e. The van der Waals surface area contributed by atoms with Crippen LogP contribution in [0.3, 0.4) is 0 Å². The van der Waals surface area contributed by atoms with Gasteiger partial charge in [-0.2, -0.15) is 0 Å². The van der Waals surface area contributed by atoms with Gasteiger partial charge >= 0.3 is 5.97 Å². The van der Waals surface area contributed by atoms with Crippen molar-refractivity contribution in [1.29, 1.82) is 0 Å². The summed E-state index contributed by atoms with van der Waals surface area (Å²) in [4.78, 5) is 11.1. The lowest BCUT2D eigenvalue weighted by atomic mass is 9.94. The van der Waals surface area contributed by atoms with E-state index in [2.05, 4.69) is 12.2 Å². The number of hydrogen-bond acceptors (Lipinski definition) is 3. The Balaban J connectivity index is 2.24. The van der Waals surface area contributed by atoms with Crippen molar-refractivity contribution in [2.45, 2.75) is 44.6 Å². The van der Waals surface area contributed by atoms with Crippen LogP contribution in [-0.4, -0.2) is 36.4 Å². The maximum atomic E-state index is 11.1. The normalized spacial score (nSPS) is 25.7. The summed E-state index contributed by atoms with van der Waals surface area (Å²) in [5, 5.41) is 12.2. The first-order valence-corrected chi connectivity index (χ1v) is 5.77. The molecule has 0 aliphatic carbocycles. The smallest absolute Gasteiger partial charge is 0.323 e. The van der Waals surface area contributed by atoms with Crippen LogP contribution >= 0.6 is 0 Å². The van der Waals surface area contributed by atoms with Gasteiger partial charge in [0.05, 0.1) is 0 Å². The van der Waals surface area contributed by atoms with E-state index in [9.17, 15) is 4.79 Å². The van der Waals surface area contributed by atoms with E-state index in [4.69, 9.17) is 9.84 Å². The SMILES string of the molecule is CCCCOCCC1(C(=O)O)CCCN1. The van der Waals surface area contributed by atoms with Crippen LogP contribution in [0.2, 0.25) is 0 Å². The molecule has 0 aromatic heterocycles. The second-order valence-corrected chi connectivity index (χ2v) is 4.13. The molecule has 0 radical (unpaired) electrons. The fourth-order valence-corrected chi connectivity index (χ4v) is 1.90. The fraction of sp³-hybridized carbons (Fsp3) is 0.909. The number of nitrogens with one attached hydrogen (secondary N) is 1. The van der Waals surface area contributed by atoms with Gasteiger partial charge in [0.1, 0.15) is 5.54 Å². The van der Waals surface area contributed by atoms with E-state index in [0.717, 1.165) is 38.8 Å². The summed E-state index contributed by atoms with van der Waals surface area (Å²) >= 11 is 0. The Hall–Kier alpha value is -0.610. The number of ether oxygens (including phenoxy) is 1. The largest absolute Gasteiger partial charge is 0.480 e. The second kappa shape index (κ2) is 6.08. The van der Waals surface area contributed by atoms with Crippen LogP contribution in [0.5, 0.6) is 0 Å². The van der Waals surface area contributed by atoms with Crippen molar-refractivity contribution in [2.24, 2.45) is 0 Å². The van der Waals surface area contributed by atoms with Crippen molar-refractivity contribution in [2.75, 3.05) is 19.8 Å². The van der Waals surface area contributed by atoms with E-state index in [-0.39, 0.29) is 0 Å². The zero-order valence-corrected chi connectivity index (χ0v) is 9.42. The van der Waals surface area contributed by atoms with Crippen molar-refractivity contribution in [3.05, 3.63) is 0 Å². The molecular weight excluding hydrogens is 194 g/mol. The Morgan fingerprint density at radius 2 is 2.33 bits per heavy atom. The molecular formula is C11H21NO3. The highest BCUT2D eigenvalue weighted by atomic mass is 16.5. The molecule has 1 rings (SSSR count). The highest BCUT2D eigenvalue weighted by Crippen LogP contribution is 2.23. The van der Waals surface area contributed by atoms with Crippen LogP contribution in [0.4, 0.5) is 0 Å². The van der Waals surface area contributed by atoms with Gasteiger partial charge in [-0.25, -0.2) is 0 Å². The molecule has 1 saturated heterocycles. The molecule has 0 spiro atoms. The molecule has 0 amide bonds. The quantitative estimate of drug-likeness (QED) is 0.630. The van der Waals surface area contributed by atoms with Gasteiger partial charge in [0.2, 0.25) is 0 Å². The van der Waals surface area contributed by atoms with Crippen molar-refractivity contribution >= 4 is 5.97 Å². The summed E-state index contributed by atoms with van der Waals surface area (Å²) in [6.07, 6.45) is 4.41. The van der Waals surface area contributed by atoms with Crippen LogP contribution < -0.4 is 5.32 Å². The van der Waals surface area contributed by atoms with Crippen LogP contribution in [-0.2, 0) is 9.53 Å². The third-order valence-electron chi connectivity index (χ3n) is 2.97. The summed E-state index contributed by atoms with van der Waals surface area (Å²) in [7, 11) is 0. The van der Waals surface area contributed by atoms with Crippen molar-refractivity contribution in [1.82, 2.24) is 5.32 Å². The number of aliphatic carboxylic acids is 1. The molecule has 1 unspecified atom stereocenters. The first-order valence-electron chi connectivity index (χ1n) is 5.77. The van der Waals surface area contributed by atoms with E-state index < -0.39 is 11.5 Å². The molecule has 1 atom stereocenters. The molecule has 1 heterocycles. The highest BCUT2D eigenvalue weighted by Gasteiger charge is 2.40. The number of rotatable bonds is 7. The molecule has 0 aromatic carbocycles. The molecule has 2 N–H and O–H groups in total. The predicted octanol–water partition coefficient (Wildman–Crippen LogP) is 1.40. The van der Waals surface area contributed by atoms with Gasteiger partial charge in [-0.15, -0.1) is 0 Å². The first-order chi connectivity index (χ1) is 7.21. The molecule has 1 aliphatic rings. The van der Waals surface area contributed by atoms with Gasteiger partial charge in [-0.1, -0.05) is 13.3 Å². The molecule has 4 heteroatoms. The Labute approximate surface area is 91.0 Å². The Bertz CT molecular complexity index is 200. The molecule has 0 saturated carbocycles. The number of carbonyl (C=O) groups is 1. The summed E-state index contributed by atoms with van der Waals surface area (Å²) < 4.78 is 5.41. The molecule has 0 aromatic rings. The van der Waals surface area contributed by atoms with E-state index >= 15 is 0 Å². The molecule has 4 nitrogen and oxygen atoms in total. The molecule has 15 heavy (non-hydrogen) atoms. The monoisotopic (exact) mass is 215 g/mol. The third kappa shape index (κ3) is 3.47. The number of hydrogen-bond donors (Lipinski definition) is 2. The zero-order valence-electron chi connectivity index (χ0n) is 9.42. The van der Waals surface area contributed by atoms with Gasteiger partial charge in [-0.3, -0.25) is 4.79 Å². The van der Waals surface area contributed by atoms with Crippen LogP contribution in [0.25, 0.3) is 0 Å². The van der Waals surface area contributed by atoms with Crippen molar-refractivity contribution in [3.63, 3.8) is 0 Å². The predicted molar refractivity (Wildman–Crippen MR) is 57.9 cm³/mol. The third-order valence-corrected chi connectivity index (χ3v) is 2.97.